The molecule has 3 rings (SSSR count). The van der Waals surface area contributed by atoms with Crippen molar-refractivity contribution in [3.8, 4) is 5.75 Å². The highest BCUT2D eigenvalue weighted by atomic mass is 16.3. The van der Waals surface area contributed by atoms with E-state index in [1.54, 1.807) is 23.1 Å². The second kappa shape index (κ2) is 7.77. The number of phenolic OH excluding ortho intramolecular Hbond substituents is 1. The first kappa shape index (κ1) is 18.2. The molecule has 1 aliphatic heterocycles. The van der Waals surface area contributed by atoms with Gasteiger partial charge in [0, 0.05) is 31.7 Å². The van der Waals surface area contributed by atoms with Crippen LogP contribution in [0.3, 0.4) is 0 Å². The minimum absolute atomic E-state index is 0.0432. The summed E-state index contributed by atoms with van der Waals surface area (Å²) in [4.78, 5) is 29.4. The van der Waals surface area contributed by atoms with Gasteiger partial charge in [0.05, 0.1) is 5.92 Å². The van der Waals surface area contributed by atoms with Crippen molar-refractivity contribution >= 4 is 22.6 Å². The molecule has 26 heavy (non-hydrogen) atoms. The molecular weight excluding hydrogens is 328 g/mol. The Morgan fingerprint density at radius 1 is 1.19 bits per heavy atom. The van der Waals surface area contributed by atoms with Crippen molar-refractivity contribution in [2.45, 2.75) is 26.7 Å². The summed E-state index contributed by atoms with van der Waals surface area (Å²) in [6.45, 7) is 6.52. The van der Waals surface area contributed by atoms with Gasteiger partial charge in [0.25, 0.3) is 5.91 Å². The van der Waals surface area contributed by atoms with Crippen LogP contribution >= 0.6 is 0 Å². The molecule has 1 N–H and O–H groups in total. The molecular formula is C21H26N2O3. The quantitative estimate of drug-likeness (QED) is 0.917. The highest BCUT2D eigenvalue weighted by Gasteiger charge is 2.31. The number of aromatic hydroxyl groups is 1. The average Bonchev–Trinajstić information content (AvgIpc) is 2.67. The summed E-state index contributed by atoms with van der Waals surface area (Å²) in [5.41, 5.74) is 0.624. The number of carbonyl (C=O) groups excluding carboxylic acids is 2. The van der Waals surface area contributed by atoms with E-state index in [-0.39, 0.29) is 23.5 Å². The second-order valence-corrected chi connectivity index (χ2v) is 6.81. The molecule has 5 nitrogen and oxygen atoms in total. The second-order valence-electron chi connectivity index (χ2n) is 6.81. The fraction of sp³-hybridized carbons (Fsp3) is 0.429. The Hall–Kier alpha value is -2.56. The molecule has 0 saturated carbocycles. The average molecular weight is 354 g/mol. The zero-order valence-electron chi connectivity index (χ0n) is 15.4. The maximum absolute atomic E-state index is 13.1. The third kappa shape index (κ3) is 3.52. The van der Waals surface area contributed by atoms with Crippen LogP contribution in [0.15, 0.2) is 36.4 Å². The smallest absolute Gasteiger partial charge is 0.254 e. The summed E-state index contributed by atoms with van der Waals surface area (Å²) in [6.07, 6.45) is 1.68. The summed E-state index contributed by atoms with van der Waals surface area (Å²) >= 11 is 0. The van der Waals surface area contributed by atoms with Crippen molar-refractivity contribution in [1.82, 2.24) is 9.80 Å². The van der Waals surface area contributed by atoms with Crippen LogP contribution in [0.1, 0.15) is 37.0 Å². The molecule has 1 heterocycles. The first-order chi connectivity index (χ1) is 12.5. The molecule has 0 aromatic heterocycles. The van der Waals surface area contributed by atoms with Crippen molar-refractivity contribution in [1.29, 1.82) is 0 Å². The van der Waals surface area contributed by atoms with E-state index in [1.165, 1.54) is 0 Å². The van der Waals surface area contributed by atoms with Crippen LogP contribution in [0.25, 0.3) is 10.8 Å². The topological polar surface area (TPSA) is 60.9 Å². The lowest BCUT2D eigenvalue weighted by atomic mass is 9.95. The predicted octanol–water partition coefficient (Wildman–Crippen LogP) is 3.27. The van der Waals surface area contributed by atoms with Crippen LogP contribution in [-0.4, -0.2) is 52.9 Å². The normalized spacial score (nSPS) is 17.3. The zero-order valence-corrected chi connectivity index (χ0v) is 15.4. The van der Waals surface area contributed by atoms with E-state index >= 15 is 0 Å². The molecule has 1 aliphatic rings. The van der Waals surface area contributed by atoms with Gasteiger partial charge in [0.2, 0.25) is 5.91 Å². The lowest BCUT2D eigenvalue weighted by Crippen LogP contribution is -2.46. The number of hydrogen-bond donors (Lipinski definition) is 1. The third-order valence-electron chi connectivity index (χ3n) is 5.23. The van der Waals surface area contributed by atoms with Crippen molar-refractivity contribution in [3.63, 3.8) is 0 Å². The Morgan fingerprint density at radius 2 is 1.96 bits per heavy atom. The number of carbonyl (C=O) groups is 2. The minimum Gasteiger partial charge on any atom is -0.508 e. The number of fused-ring (bicyclic) bond motifs is 1. The first-order valence-corrected chi connectivity index (χ1v) is 9.35. The monoisotopic (exact) mass is 354 g/mol. The van der Waals surface area contributed by atoms with Gasteiger partial charge in [-0.25, -0.2) is 0 Å². The van der Waals surface area contributed by atoms with E-state index in [0.717, 1.165) is 23.6 Å². The summed E-state index contributed by atoms with van der Waals surface area (Å²) in [5.74, 6) is 0.172. The molecule has 2 amide bonds. The number of amides is 2. The molecule has 0 aliphatic carbocycles. The van der Waals surface area contributed by atoms with Crippen LogP contribution in [-0.2, 0) is 4.79 Å². The molecule has 1 saturated heterocycles. The van der Waals surface area contributed by atoms with Gasteiger partial charge in [-0.05, 0) is 61.7 Å². The molecule has 1 atom stereocenters. The van der Waals surface area contributed by atoms with Gasteiger partial charge in [-0.2, -0.15) is 0 Å². The van der Waals surface area contributed by atoms with Gasteiger partial charge in [-0.15, -0.1) is 0 Å². The van der Waals surface area contributed by atoms with E-state index in [1.807, 2.05) is 36.9 Å². The lowest BCUT2D eigenvalue weighted by molar-refractivity contribution is -0.136. The highest BCUT2D eigenvalue weighted by Crippen LogP contribution is 2.26. The molecule has 5 heteroatoms. The molecule has 0 spiro atoms. The van der Waals surface area contributed by atoms with E-state index in [2.05, 4.69) is 0 Å². The number of likely N-dealkylation sites (tertiary alicyclic amines) is 1. The van der Waals surface area contributed by atoms with E-state index in [4.69, 9.17) is 0 Å². The first-order valence-electron chi connectivity index (χ1n) is 9.35. The van der Waals surface area contributed by atoms with Gasteiger partial charge < -0.3 is 14.9 Å². The summed E-state index contributed by atoms with van der Waals surface area (Å²) in [5, 5.41) is 11.3. The van der Waals surface area contributed by atoms with Crippen molar-refractivity contribution < 1.29 is 14.7 Å². The number of rotatable bonds is 4. The Bertz CT molecular complexity index is 814. The molecule has 2 aromatic rings. The molecule has 1 unspecified atom stereocenters. The SMILES string of the molecule is CCN(CC)C(=O)C1CCCN(C(=O)c2cccc3cc(O)ccc23)C1. The fourth-order valence-electron chi connectivity index (χ4n) is 3.78. The van der Waals surface area contributed by atoms with E-state index in [9.17, 15) is 14.7 Å². The maximum Gasteiger partial charge on any atom is 0.254 e. The van der Waals surface area contributed by atoms with Crippen molar-refractivity contribution in [2.24, 2.45) is 5.92 Å². The van der Waals surface area contributed by atoms with Crippen LogP contribution in [0, 0.1) is 5.92 Å². The van der Waals surface area contributed by atoms with Gasteiger partial charge in [0.15, 0.2) is 0 Å². The van der Waals surface area contributed by atoms with Crippen molar-refractivity contribution in [3.05, 3.63) is 42.0 Å². The Labute approximate surface area is 154 Å². The van der Waals surface area contributed by atoms with Gasteiger partial charge >= 0.3 is 0 Å². The number of nitrogens with zero attached hydrogens (tertiary/aromatic N) is 2. The van der Waals surface area contributed by atoms with Crippen LogP contribution in [0.2, 0.25) is 0 Å². The van der Waals surface area contributed by atoms with Gasteiger partial charge in [0.1, 0.15) is 5.75 Å². The standard InChI is InChI=1S/C21H26N2O3/c1-3-22(4-2)20(25)16-8-6-12-23(14-16)21(26)19-9-5-7-15-13-17(24)10-11-18(15)19/h5,7,9-11,13,16,24H,3-4,6,8,12,14H2,1-2H3. The van der Waals surface area contributed by atoms with Gasteiger partial charge in [-0.1, -0.05) is 12.1 Å². The predicted molar refractivity (Wildman–Crippen MR) is 102 cm³/mol. The zero-order chi connectivity index (χ0) is 18.7. The third-order valence-corrected chi connectivity index (χ3v) is 5.23. The van der Waals surface area contributed by atoms with Gasteiger partial charge in [-0.3, -0.25) is 9.59 Å². The summed E-state index contributed by atoms with van der Waals surface area (Å²) in [7, 11) is 0. The molecule has 2 aromatic carbocycles. The summed E-state index contributed by atoms with van der Waals surface area (Å²) in [6, 6.07) is 10.6. The number of hydrogen-bond acceptors (Lipinski definition) is 3. The Kier molecular flexibility index (Phi) is 5.45. The number of piperidine rings is 1. The number of benzene rings is 2. The Morgan fingerprint density at radius 3 is 2.69 bits per heavy atom. The number of phenols is 1. The fourth-order valence-corrected chi connectivity index (χ4v) is 3.78. The minimum atomic E-state index is -0.119. The van der Waals surface area contributed by atoms with Crippen molar-refractivity contribution in [2.75, 3.05) is 26.2 Å². The summed E-state index contributed by atoms with van der Waals surface area (Å²) < 4.78 is 0. The molecule has 0 radical (unpaired) electrons. The van der Waals surface area contributed by atoms with E-state index in [0.29, 0.717) is 31.7 Å². The van der Waals surface area contributed by atoms with Crippen LogP contribution < -0.4 is 0 Å². The van der Waals surface area contributed by atoms with Crippen LogP contribution in [0.4, 0.5) is 0 Å². The van der Waals surface area contributed by atoms with Crippen LogP contribution in [0.5, 0.6) is 5.75 Å². The molecule has 0 bridgehead atoms. The largest absolute Gasteiger partial charge is 0.508 e. The van der Waals surface area contributed by atoms with E-state index < -0.39 is 0 Å². The highest BCUT2D eigenvalue weighted by molar-refractivity contribution is 6.07. The molecule has 138 valence electrons. The Balaban J connectivity index is 1.83. The lowest BCUT2D eigenvalue weighted by Gasteiger charge is -2.34. The molecule has 1 fully saturated rings. The maximum atomic E-state index is 13.1.